The van der Waals surface area contributed by atoms with Crippen molar-refractivity contribution in [2.75, 3.05) is 0 Å². The summed E-state index contributed by atoms with van der Waals surface area (Å²) in [6.45, 7) is 0. The van der Waals surface area contributed by atoms with E-state index in [9.17, 15) is 9.59 Å². The second-order valence-electron chi connectivity index (χ2n) is 5.79. The van der Waals surface area contributed by atoms with Gasteiger partial charge in [-0.25, -0.2) is 0 Å². The molecule has 0 spiro atoms. The van der Waals surface area contributed by atoms with Gasteiger partial charge in [0.2, 0.25) is 5.91 Å². The Bertz CT molecular complexity index is 934. The summed E-state index contributed by atoms with van der Waals surface area (Å²) >= 11 is 3.40. The normalized spacial score (nSPS) is 11.9. The van der Waals surface area contributed by atoms with E-state index in [1.54, 1.807) is 6.07 Å². The van der Waals surface area contributed by atoms with Gasteiger partial charge in [-0.3, -0.25) is 9.59 Å². The number of halogens is 1. The van der Waals surface area contributed by atoms with Crippen LogP contribution < -0.4 is 11.1 Å². The highest BCUT2D eigenvalue weighted by atomic mass is 79.9. The van der Waals surface area contributed by atoms with Crippen LogP contribution in [0.5, 0.6) is 0 Å². The highest BCUT2D eigenvalue weighted by molar-refractivity contribution is 9.10. The minimum absolute atomic E-state index is 0.310. The van der Waals surface area contributed by atoms with Crippen molar-refractivity contribution < 1.29 is 9.59 Å². The zero-order valence-corrected chi connectivity index (χ0v) is 15.0. The molecule has 3 aromatic rings. The number of amides is 2. The van der Waals surface area contributed by atoms with Crippen molar-refractivity contribution in [3.8, 4) is 0 Å². The molecule has 0 unspecified atom stereocenters. The number of carbonyl (C=O) groups is 2. The number of benzene rings is 3. The van der Waals surface area contributed by atoms with E-state index >= 15 is 0 Å². The molecule has 0 saturated heterocycles. The van der Waals surface area contributed by atoms with Crippen LogP contribution in [0.2, 0.25) is 0 Å². The lowest BCUT2D eigenvalue weighted by Gasteiger charge is -2.16. The third-order valence-electron chi connectivity index (χ3n) is 4.01. The van der Waals surface area contributed by atoms with Crippen LogP contribution in [0.3, 0.4) is 0 Å². The van der Waals surface area contributed by atoms with Gasteiger partial charge in [0.15, 0.2) is 0 Å². The van der Waals surface area contributed by atoms with Crippen LogP contribution in [0.25, 0.3) is 10.8 Å². The van der Waals surface area contributed by atoms with E-state index in [2.05, 4.69) is 21.2 Å². The molecular weight excluding hydrogens is 380 g/mol. The number of nitrogens with one attached hydrogen (secondary N) is 1. The molecular formula is C20H17BrN2O2. The van der Waals surface area contributed by atoms with Crippen LogP contribution in [-0.4, -0.2) is 17.9 Å². The number of fused-ring (bicyclic) bond motifs is 1. The highest BCUT2D eigenvalue weighted by Gasteiger charge is 2.20. The number of primary amides is 1. The van der Waals surface area contributed by atoms with E-state index in [4.69, 9.17) is 5.73 Å². The molecule has 3 rings (SSSR count). The van der Waals surface area contributed by atoms with Gasteiger partial charge in [-0.05, 0) is 34.5 Å². The van der Waals surface area contributed by atoms with Gasteiger partial charge in [-0.1, -0.05) is 64.5 Å². The minimum Gasteiger partial charge on any atom is -0.368 e. The molecule has 3 aromatic carbocycles. The highest BCUT2D eigenvalue weighted by Crippen LogP contribution is 2.19. The lowest BCUT2D eigenvalue weighted by molar-refractivity contribution is -0.119. The number of nitrogens with two attached hydrogens (primary N) is 1. The Balaban J connectivity index is 1.84. The van der Waals surface area contributed by atoms with Crippen molar-refractivity contribution in [2.24, 2.45) is 5.73 Å². The maximum atomic E-state index is 12.7. The predicted molar refractivity (Wildman–Crippen MR) is 102 cm³/mol. The van der Waals surface area contributed by atoms with Gasteiger partial charge in [0.25, 0.3) is 5.91 Å². The van der Waals surface area contributed by atoms with E-state index in [1.807, 2.05) is 60.7 Å². The first-order valence-corrected chi connectivity index (χ1v) is 8.66. The zero-order valence-electron chi connectivity index (χ0n) is 13.4. The topological polar surface area (TPSA) is 72.2 Å². The lowest BCUT2D eigenvalue weighted by atomic mass is 10.0. The summed E-state index contributed by atoms with van der Waals surface area (Å²) in [5.74, 6) is -0.871. The Morgan fingerprint density at radius 1 is 1.00 bits per heavy atom. The molecule has 3 N–H and O–H groups in total. The minimum atomic E-state index is -0.777. The van der Waals surface area contributed by atoms with Crippen LogP contribution in [0, 0.1) is 0 Å². The Kier molecular flexibility index (Phi) is 5.14. The van der Waals surface area contributed by atoms with Gasteiger partial charge in [-0.15, -0.1) is 0 Å². The molecule has 0 radical (unpaired) electrons. The van der Waals surface area contributed by atoms with Crippen molar-refractivity contribution in [3.05, 3.63) is 82.3 Å². The quantitative estimate of drug-likeness (QED) is 0.693. The molecule has 4 nitrogen and oxygen atoms in total. The maximum Gasteiger partial charge on any atom is 0.252 e. The first-order chi connectivity index (χ1) is 12.0. The molecule has 0 saturated carbocycles. The second kappa shape index (κ2) is 7.49. The predicted octanol–water partition coefficient (Wildman–Crippen LogP) is 3.43. The molecule has 0 fully saturated rings. The van der Waals surface area contributed by atoms with E-state index in [-0.39, 0.29) is 5.91 Å². The van der Waals surface area contributed by atoms with Gasteiger partial charge in [0, 0.05) is 16.5 Å². The van der Waals surface area contributed by atoms with Crippen LogP contribution in [-0.2, 0) is 11.2 Å². The third kappa shape index (κ3) is 4.06. The molecule has 25 heavy (non-hydrogen) atoms. The van der Waals surface area contributed by atoms with Crippen LogP contribution in [0.15, 0.2) is 71.2 Å². The fraction of sp³-hybridized carbons (Fsp3) is 0.100. The van der Waals surface area contributed by atoms with Gasteiger partial charge in [0.1, 0.15) is 6.04 Å². The third-order valence-corrected chi connectivity index (χ3v) is 4.51. The molecule has 126 valence electrons. The SMILES string of the molecule is NC(=O)[C@H](Cc1cccc(Br)c1)NC(=O)c1cccc2ccccc12. The van der Waals surface area contributed by atoms with Gasteiger partial charge < -0.3 is 11.1 Å². The largest absolute Gasteiger partial charge is 0.368 e. The van der Waals surface area contributed by atoms with Crippen molar-refractivity contribution in [2.45, 2.75) is 12.5 Å². The monoisotopic (exact) mass is 396 g/mol. The maximum absolute atomic E-state index is 12.7. The Labute approximate surface area is 154 Å². The lowest BCUT2D eigenvalue weighted by Crippen LogP contribution is -2.45. The van der Waals surface area contributed by atoms with Crippen LogP contribution in [0.1, 0.15) is 15.9 Å². The average Bonchev–Trinajstić information content (AvgIpc) is 2.60. The average molecular weight is 397 g/mol. The van der Waals surface area contributed by atoms with Crippen LogP contribution >= 0.6 is 15.9 Å². The van der Waals surface area contributed by atoms with Crippen molar-refractivity contribution in [3.63, 3.8) is 0 Å². The summed E-state index contributed by atoms with van der Waals surface area (Å²) in [6, 6.07) is 19.9. The Morgan fingerprint density at radius 3 is 2.48 bits per heavy atom. The molecule has 1 atom stereocenters. The smallest absolute Gasteiger partial charge is 0.252 e. The number of rotatable bonds is 5. The van der Waals surface area contributed by atoms with Crippen LogP contribution in [0.4, 0.5) is 0 Å². The molecule has 0 heterocycles. The molecule has 0 aliphatic rings. The van der Waals surface area contributed by atoms with Gasteiger partial charge >= 0.3 is 0 Å². The standard InChI is InChI=1S/C20H17BrN2O2/c21-15-8-3-5-13(11-15)12-18(19(22)24)23-20(25)17-10-4-7-14-6-1-2-9-16(14)17/h1-11,18H,12H2,(H2,22,24)(H,23,25)/t18-/m0/s1. The molecule has 0 aliphatic heterocycles. The number of carbonyl (C=O) groups excluding carboxylic acids is 2. The molecule has 2 amide bonds. The summed E-state index contributed by atoms with van der Waals surface area (Å²) in [5.41, 5.74) is 6.94. The van der Waals surface area contributed by atoms with Gasteiger partial charge in [0.05, 0.1) is 0 Å². The number of hydrogen-bond donors (Lipinski definition) is 2. The van der Waals surface area contributed by atoms with Crippen molar-refractivity contribution in [1.29, 1.82) is 0 Å². The summed E-state index contributed by atoms with van der Waals surface area (Å²) in [6.07, 6.45) is 0.339. The molecule has 0 bridgehead atoms. The first-order valence-electron chi connectivity index (χ1n) is 7.87. The summed E-state index contributed by atoms with van der Waals surface area (Å²) < 4.78 is 0.911. The van der Waals surface area contributed by atoms with Crippen molar-refractivity contribution in [1.82, 2.24) is 5.32 Å². The zero-order chi connectivity index (χ0) is 17.8. The van der Waals surface area contributed by atoms with Crippen molar-refractivity contribution >= 4 is 38.5 Å². The fourth-order valence-corrected chi connectivity index (χ4v) is 3.23. The van der Waals surface area contributed by atoms with E-state index in [1.165, 1.54) is 0 Å². The van der Waals surface area contributed by atoms with E-state index in [0.717, 1.165) is 20.8 Å². The van der Waals surface area contributed by atoms with E-state index in [0.29, 0.717) is 12.0 Å². The molecule has 0 aromatic heterocycles. The van der Waals surface area contributed by atoms with Gasteiger partial charge in [-0.2, -0.15) is 0 Å². The Hall–Kier alpha value is -2.66. The molecule has 5 heteroatoms. The first kappa shape index (κ1) is 17.2. The number of hydrogen-bond acceptors (Lipinski definition) is 2. The fourth-order valence-electron chi connectivity index (χ4n) is 2.78. The van der Waals surface area contributed by atoms with E-state index < -0.39 is 11.9 Å². The summed E-state index contributed by atoms with van der Waals surface area (Å²) in [4.78, 5) is 24.5. The molecule has 0 aliphatic carbocycles. The summed E-state index contributed by atoms with van der Waals surface area (Å²) in [7, 11) is 0. The summed E-state index contributed by atoms with van der Waals surface area (Å²) in [5, 5.41) is 4.58. The Morgan fingerprint density at radius 2 is 1.72 bits per heavy atom. The second-order valence-corrected chi connectivity index (χ2v) is 6.70.